The molecule has 2 nitrogen and oxygen atoms in total. The number of nitrogens with zero attached hydrogens (tertiary/aromatic N) is 2. The van der Waals surface area contributed by atoms with Gasteiger partial charge in [0.15, 0.2) is 0 Å². The average molecular weight is 268 g/mol. The Balaban J connectivity index is 2.94. The fraction of sp³-hybridized carbons (Fsp3) is 0.143. The van der Waals surface area contributed by atoms with Crippen molar-refractivity contribution in [2.75, 3.05) is 5.33 Å². The van der Waals surface area contributed by atoms with E-state index in [0.29, 0.717) is 5.15 Å². The zero-order valence-electron chi connectivity index (χ0n) is 5.97. The largest absolute Gasteiger partial charge is 0.226 e. The molecule has 0 aliphatic carbocycles. The summed E-state index contributed by atoms with van der Waals surface area (Å²) < 4.78 is 0. The first kappa shape index (κ1) is 9.96. The molecule has 0 saturated heterocycles. The first-order chi connectivity index (χ1) is 5.74. The van der Waals surface area contributed by atoms with Gasteiger partial charge in [0.25, 0.3) is 0 Å². The van der Waals surface area contributed by atoms with Crippen LogP contribution in [0, 0.1) is 0 Å². The predicted octanol–water partition coefficient (Wildman–Crippen LogP) is 3.19. The third kappa shape index (κ3) is 2.73. The summed E-state index contributed by atoms with van der Waals surface area (Å²) in [6, 6.07) is 0. The molecule has 1 aromatic rings. The lowest BCUT2D eigenvalue weighted by Crippen LogP contribution is -1.85. The number of alkyl halides is 1. The molecule has 64 valence electrons. The minimum absolute atomic E-state index is 0.163. The molecule has 0 fully saturated rings. The lowest BCUT2D eigenvalue weighted by molar-refractivity contribution is 1.16. The van der Waals surface area contributed by atoms with E-state index in [4.69, 9.17) is 23.2 Å². The fourth-order valence-electron chi connectivity index (χ4n) is 0.634. The van der Waals surface area contributed by atoms with Crippen LogP contribution in [0.2, 0.25) is 10.4 Å². The minimum atomic E-state index is 0.163. The third-order valence-electron chi connectivity index (χ3n) is 1.13. The molecule has 0 aliphatic rings. The Morgan fingerprint density at radius 3 is 2.83 bits per heavy atom. The molecule has 0 bridgehead atoms. The average Bonchev–Trinajstić information content (AvgIpc) is 2.03. The van der Waals surface area contributed by atoms with E-state index in [1.165, 1.54) is 0 Å². The van der Waals surface area contributed by atoms with Gasteiger partial charge >= 0.3 is 0 Å². The van der Waals surface area contributed by atoms with Crippen LogP contribution in [-0.4, -0.2) is 15.3 Å². The van der Waals surface area contributed by atoms with Gasteiger partial charge in [-0.1, -0.05) is 39.7 Å². The number of halogens is 3. The van der Waals surface area contributed by atoms with Crippen molar-refractivity contribution in [3.63, 3.8) is 0 Å². The zero-order chi connectivity index (χ0) is 8.97. The van der Waals surface area contributed by atoms with E-state index in [-0.39, 0.29) is 5.28 Å². The van der Waals surface area contributed by atoms with E-state index in [9.17, 15) is 0 Å². The Hall–Kier alpha value is -0.120. The molecule has 0 amide bonds. The van der Waals surface area contributed by atoms with Gasteiger partial charge in [0, 0.05) is 17.1 Å². The van der Waals surface area contributed by atoms with Gasteiger partial charge < -0.3 is 0 Å². The summed E-state index contributed by atoms with van der Waals surface area (Å²) in [6.45, 7) is 0. The van der Waals surface area contributed by atoms with Crippen molar-refractivity contribution in [2.45, 2.75) is 0 Å². The number of rotatable bonds is 2. The fourth-order valence-corrected chi connectivity index (χ4v) is 1.19. The van der Waals surface area contributed by atoms with Crippen LogP contribution in [0.3, 0.4) is 0 Å². The van der Waals surface area contributed by atoms with Crippen LogP contribution in [-0.2, 0) is 0 Å². The Morgan fingerprint density at radius 1 is 1.50 bits per heavy atom. The van der Waals surface area contributed by atoms with E-state index in [1.54, 1.807) is 6.20 Å². The Bertz CT molecular complexity index is 301. The van der Waals surface area contributed by atoms with Crippen LogP contribution in [0.15, 0.2) is 12.3 Å². The third-order valence-corrected chi connectivity index (χ3v) is 1.98. The minimum Gasteiger partial charge on any atom is -0.226 e. The van der Waals surface area contributed by atoms with Gasteiger partial charge in [0.2, 0.25) is 5.28 Å². The molecular weight excluding hydrogens is 263 g/mol. The number of hydrogen-bond acceptors (Lipinski definition) is 2. The van der Waals surface area contributed by atoms with E-state index >= 15 is 0 Å². The number of hydrogen-bond donors (Lipinski definition) is 0. The molecular formula is C7H5BrCl2N2. The standard InChI is InChI=1S/C7H5BrCl2N2/c8-3-1-2-5-4-11-7(10)12-6(5)9/h1-2,4H,3H2. The second kappa shape index (κ2) is 4.80. The van der Waals surface area contributed by atoms with Gasteiger partial charge in [-0.2, -0.15) is 0 Å². The summed E-state index contributed by atoms with van der Waals surface area (Å²) in [7, 11) is 0. The van der Waals surface area contributed by atoms with Crippen LogP contribution >= 0.6 is 39.1 Å². The lowest BCUT2D eigenvalue weighted by Gasteiger charge is -1.95. The van der Waals surface area contributed by atoms with Crippen molar-refractivity contribution in [3.8, 4) is 0 Å². The van der Waals surface area contributed by atoms with Crippen molar-refractivity contribution in [2.24, 2.45) is 0 Å². The number of allylic oxidation sites excluding steroid dienone is 1. The molecule has 0 atom stereocenters. The maximum atomic E-state index is 5.76. The Morgan fingerprint density at radius 2 is 2.25 bits per heavy atom. The van der Waals surface area contributed by atoms with Gasteiger partial charge in [-0.15, -0.1) is 0 Å². The molecule has 0 spiro atoms. The highest BCUT2D eigenvalue weighted by Crippen LogP contribution is 2.15. The van der Waals surface area contributed by atoms with Crippen molar-refractivity contribution in [1.29, 1.82) is 0 Å². The van der Waals surface area contributed by atoms with Crippen molar-refractivity contribution in [3.05, 3.63) is 28.3 Å². The summed E-state index contributed by atoms with van der Waals surface area (Å²) >= 11 is 14.5. The highest BCUT2D eigenvalue weighted by Gasteiger charge is 1.98. The Kier molecular flexibility index (Phi) is 3.98. The molecule has 0 aromatic carbocycles. The zero-order valence-corrected chi connectivity index (χ0v) is 9.07. The summed E-state index contributed by atoms with van der Waals surface area (Å²) in [4.78, 5) is 7.58. The van der Waals surface area contributed by atoms with Crippen molar-refractivity contribution < 1.29 is 0 Å². The summed E-state index contributed by atoms with van der Waals surface area (Å²) in [6.07, 6.45) is 5.31. The summed E-state index contributed by atoms with van der Waals surface area (Å²) in [5.41, 5.74) is 0.764. The van der Waals surface area contributed by atoms with E-state index < -0.39 is 0 Å². The lowest BCUT2D eigenvalue weighted by atomic mass is 10.3. The van der Waals surface area contributed by atoms with E-state index in [0.717, 1.165) is 10.9 Å². The Labute approximate surface area is 88.8 Å². The topological polar surface area (TPSA) is 25.8 Å². The molecule has 5 heteroatoms. The first-order valence-electron chi connectivity index (χ1n) is 3.14. The monoisotopic (exact) mass is 266 g/mol. The van der Waals surface area contributed by atoms with Crippen molar-refractivity contribution >= 4 is 45.2 Å². The molecule has 0 radical (unpaired) electrons. The molecule has 0 aliphatic heterocycles. The van der Waals surface area contributed by atoms with Gasteiger partial charge in [-0.25, -0.2) is 9.97 Å². The highest BCUT2D eigenvalue weighted by atomic mass is 79.9. The molecule has 12 heavy (non-hydrogen) atoms. The molecule has 1 heterocycles. The first-order valence-corrected chi connectivity index (χ1v) is 5.02. The van der Waals surface area contributed by atoms with Gasteiger partial charge in [0.1, 0.15) is 5.15 Å². The van der Waals surface area contributed by atoms with Crippen LogP contribution < -0.4 is 0 Å². The van der Waals surface area contributed by atoms with Crippen LogP contribution in [0.4, 0.5) is 0 Å². The van der Waals surface area contributed by atoms with Crippen LogP contribution in [0.1, 0.15) is 5.56 Å². The van der Waals surface area contributed by atoms with Gasteiger partial charge in [-0.05, 0) is 11.6 Å². The smallest absolute Gasteiger partial charge is 0.223 e. The second-order valence-corrected chi connectivity index (χ2v) is 3.29. The summed E-state index contributed by atoms with van der Waals surface area (Å²) in [5.74, 6) is 0. The SMILES string of the molecule is Clc1ncc(C=CCBr)c(Cl)n1. The second-order valence-electron chi connectivity index (χ2n) is 1.94. The molecule has 1 aromatic heterocycles. The van der Waals surface area contributed by atoms with Crippen LogP contribution in [0.25, 0.3) is 6.08 Å². The quantitative estimate of drug-likeness (QED) is 0.467. The van der Waals surface area contributed by atoms with Gasteiger partial charge in [0.05, 0.1) is 0 Å². The maximum Gasteiger partial charge on any atom is 0.223 e. The number of aromatic nitrogens is 2. The van der Waals surface area contributed by atoms with E-state index in [2.05, 4.69) is 25.9 Å². The summed E-state index contributed by atoms with van der Waals surface area (Å²) in [5, 5.41) is 1.30. The van der Waals surface area contributed by atoms with E-state index in [1.807, 2.05) is 12.2 Å². The molecule has 1 rings (SSSR count). The maximum absolute atomic E-state index is 5.76. The highest BCUT2D eigenvalue weighted by molar-refractivity contribution is 9.09. The molecule has 0 N–H and O–H groups in total. The van der Waals surface area contributed by atoms with Crippen LogP contribution in [0.5, 0.6) is 0 Å². The molecule has 0 unspecified atom stereocenters. The normalized spacial score (nSPS) is 10.9. The molecule has 0 saturated carbocycles. The van der Waals surface area contributed by atoms with Gasteiger partial charge in [-0.3, -0.25) is 0 Å². The van der Waals surface area contributed by atoms with Crippen molar-refractivity contribution in [1.82, 2.24) is 9.97 Å². The predicted molar refractivity (Wildman–Crippen MR) is 54.9 cm³/mol.